The molecule has 4 rings (SSSR count). The van der Waals surface area contributed by atoms with Gasteiger partial charge in [-0.25, -0.2) is 0 Å². The Morgan fingerprint density at radius 1 is 0.943 bits per heavy atom. The number of thioether (sulfide) groups is 1. The Labute approximate surface area is 216 Å². The number of rotatable bonds is 12. The number of ether oxygens (including phenoxy) is 2. The van der Waals surface area contributed by atoms with Crippen molar-refractivity contribution < 1.29 is 9.47 Å². The van der Waals surface area contributed by atoms with E-state index in [-0.39, 0.29) is 12.4 Å². The highest BCUT2D eigenvalue weighted by Crippen LogP contribution is 2.32. The maximum atomic E-state index is 6.23. The van der Waals surface area contributed by atoms with Crippen LogP contribution in [0.2, 0.25) is 0 Å². The highest BCUT2D eigenvalue weighted by molar-refractivity contribution is 7.99. The molecule has 0 bridgehead atoms. The molecular weight excluding hydrogens is 482 g/mol. The van der Waals surface area contributed by atoms with Gasteiger partial charge >= 0.3 is 0 Å². The van der Waals surface area contributed by atoms with Crippen LogP contribution in [-0.4, -0.2) is 39.1 Å². The number of halogens is 1. The zero-order chi connectivity index (χ0) is 23.6. The first-order valence-electron chi connectivity index (χ1n) is 11.3. The highest BCUT2D eigenvalue weighted by Gasteiger charge is 2.12. The molecule has 35 heavy (non-hydrogen) atoms. The van der Waals surface area contributed by atoms with Crippen LogP contribution in [0.1, 0.15) is 23.6 Å². The minimum Gasteiger partial charge on any atom is -0.490 e. The van der Waals surface area contributed by atoms with Crippen molar-refractivity contribution in [2.24, 2.45) is 0 Å². The van der Waals surface area contributed by atoms with E-state index >= 15 is 0 Å². The molecule has 0 fully saturated rings. The van der Waals surface area contributed by atoms with Gasteiger partial charge in [0.2, 0.25) is 5.16 Å². The second-order valence-corrected chi connectivity index (χ2v) is 8.75. The summed E-state index contributed by atoms with van der Waals surface area (Å²) in [6.45, 7) is 6.62. The average Bonchev–Trinajstić information content (AvgIpc) is 3.34. The van der Waals surface area contributed by atoms with Crippen LogP contribution in [0.4, 0.5) is 0 Å². The first kappa shape index (κ1) is 26.5. The van der Waals surface area contributed by atoms with Gasteiger partial charge in [-0.15, -0.1) is 17.5 Å². The minimum atomic E-state index is 0. The zero-order valence-corrected chi connectivity index (χ0v) is 21.5. The number of para-hydroxylation sites is 2. The molecule has 0 spiro atoms. The molecule has 7 nitrogen and oxygen atoms in total. The van der Waals surface area contributed by atoms with Crippen LogP contribution in [0.25, 0.3) is 5.69 Å². The lowest BCUT2D eigenvalue weighted by Gasteiger charge is -2.16. The van der Waals surface area contributed by atoms with Crippen molar-refractivity contribution in [2.45, 2.75) is 32.2 Å². The molecule has 4 aromatic rings. The molecule has 0 radical (unpaired) electrons. The van der Waals surface area contributed by atoms with Crippen LogP contribution >= 0.6 is 24.2 Å². The fourth-order valence-corrected chi connectivity index (χ4v) is 4.20. The summed E-state index contributed by atoms with van der Waals surface area (Å²) < 4.78 is 13.8. The summed E-state index contributed by atoms with van der Waals surface area (Å²) in [6, 6.07) is 24.3. The molecule has 184 valence electrons. The molecule has 1 aromatic heterocycles. The molecule has 0 atom stereocenters. The molecule has 0 aliphatic rings. The minimum absolute atomic E-state index is 0. The third kappa shape index (κ3) is 7.45. The molecule has 0 saturated heterocycles. The van der Waals surface area contributed by atoms with Crippen molar-refractivity contribution >= 4 is 24.2 Å². The summed E-state index contributed by atoms with van der Waals surface area (Å²) >= 11 is 1.62. The quantitative estimate of drug-likeness (QED) is 0.205. The first-order chi connectivity index (χ1) is 16.7. The third-order valence-corrected chi connectivity index (χ3v) is 6.05. The van der Waals surface area contributed by atoms with Gasteiger partial charge in [0.25, 0.3) is 0 Å². The highest BCUT2D eigenvalue weighted by atomic mass is 35.5. The van der Waals surface area contributed by atoms with Crippen LogP contribution in [0.5, 0.6) is 11.5 Å². The van der Waals surface area contributed by atoms with Gasteiger partial charge in [-0.1, -0.05) is 71.9 Å². The van der Waals surface area contributed by atoms with Crippen LogP contribution in [0.15, 0.2) is 78.0 Å². The Bertz CT molecular complexity index is 1170. The summed E-state index contributed by atoms with van der Waals surface area (Å²) in [5.41, 5.74) is 4.38. The summed E-state index contributed by atoms with van der Waals surface area (Å²) in [6.07, 6.45) is 0. The van der Waals surface area contributed by atoms with Gasteiger partial charge in [-0.05, 0) is 48.0 Å². The zero-order valence-electron chi connectivity index (χ0n) is 19.9. The monoisotopic (exact) mass is 511 g/mol. The average molecular weight is 512 g/mol. The van der Waals surface area contributed by atoms with Gasteiger partial charge in [-0.3, -0.25) is 0 Å². The topological polar surface area (TPSA) is 74.1 Å². The van der Waals surface area contributed by atoms with Crippen molar-refractivity contribution in [2.75, 3.05) is 18.9 Å². The standard InChI is InChI=1S/C26H29N5O2S.ClH/c1-3-32-24-11-7-8-22(25(24)33-19-21-14-12-20(2)13-15-21)18-27-16-17-34-26-28-29-30-31(26)23-9-5-4-6-10-23;/h4-15,27H,3,16-19H2,1-2H3;1H. The van der Waals surface area contributed by atoms with E-state index in [2.05, 4.69) is 58.1 Å². The van der Waals surface area contributed by atoms with Gasteiger partial charge < -0.3 is 14.8 Å². The summed E-state index contributed by atoms with van der Waals surface area (Å²) in [4.78, 5) is 0. The fourth-order valence-electron chi connectivity index (χ4n) is 3.41. The van der Waals surface area contributed by atoms with E-state index in [1.54, 1.807) is 16.4 Å². The van der Waals surface area contributed by atoms with Crippen LogP contribution < -0.4 is 14.8 Å². The van der Waals surface area contributed by atoms with Crippen LogP contribution in [0.3, 0.4) is 0 Å². The van der Waals surface area contributed by atoms with Crippen LogP contribution in [-0.2, 0) is 13.2 Å². The molecule has 0 aliphatic carbocycles. The molecule has 0 aliphatic heterocycles. The lowest BCUT2D eigenvalue weighted by Crippen LogP contribution is -2.17. The first-order valence-corrected chi connectivity index (χ1v) is 12.3. The van der Waals surface area contributed by atoms with Crippen molar-refractivity contribution in [1.29, 1.82) is 0 Å². The molecule has 0 saturated carbocycles. The second-order valence-electron chi connectivity index (χ2n) is 7.69. The predicted molar refractivity (Wildman–Crippen MR) is 142 cm³/mol. The van der Waals surface area contributed by atoms with Gasteiger partial charge in [-0.2, -0.15) is 4.68 Å². The maximum Gasteiger partial charge on any atom is 0.214 e. The molecule has 0 unspecified atom stereocenters. The van der Waals surface area contributed by atoms with Gasteiger partial charge in [0.1, 0.15) is 6.61 Å². The van der Waals surface area contributed by atoms with Gasteiger partial charge in [0.05, 0.1) is 12.3 Å². The number of hydrogen-bond donors (Lipinski definition) is 1. The van der Waals surface area contributed by atoms with E-state index in [0.717, 1.165) is 45.8 Å². The lowest BCUT2D eigenvalue weighted by molar-refractivity contribution is 0.266. The smallest absolute Gasteiger partial charge is 0.214 e. The van der Waals surface area contributed by atoms with Crippen molar-refractivity contribution in [3.63, 3.8) is 0 Å². The summed E-state index contributed by atoms with van der Waals surface area (Å²) in [5.74, 6) is 2.39. The predicted octanol–water partition coefficient (Wildman–Crippen LogP) is 5.25. The maximum absolute atomic E-state index is 6.23. The van der Waals surface area contributed by atoms with Gasteiger partial charge in [0.15, 0.2) is 11.5 Å². The summed E-state index contributed by atoms with van der Waals surface area (Å²) in [7, 11) is 0. The largest absolute Gasteiger partial charge is 0.490 e. The Balaban J connectivity index is 0.00000342. The molecule has 9 heteroatoms. The number of benzene rings is 3. The van der Waals surface area contributed by atoms with E-state index in [1.807, 2.05) is 49.4 Å². The number of aromatic nitrogens is 4. The Kier molecular flexibility index (Phi) is 10.4. The lowest BCUT2D eigenvalue weighted by atomic mass is 10.1. The normalized spacial score (nSPS) is 10.6. The van der Waals surface area contributed by atoms with E-state index in [9.17, 15) is 0 Å². The van der Waals surface area contributed by atoms with Gasteiger partial charge in [0, 0.05) is 24.4 Å². The Morgan fingerprint density at radius 3 is 2.51 bits per heavy atom. The third-order valence-electron chi connectivity index (χ3n) is 5.13. The second kappa shape index (κ2) is 13.7. The van der Waals surface area contributed by atoms with Crippen molar-refractivity contribution in [3.8, 4) is 17.2 Å². The number of hydrogen-bond acceptors (Lipinski definition) is 7. The molecule has 1 N–H and O–H groups in total. The number of aryl methyl sites for hydroxylation is 1. The van der Waals surface area contributed by atoms with E-state index < -0.39 is 0 Å². The Morgan fingerprint density at radius 2 is 1.74 bits per heavy atom. The molecule has 0 amide bonds. The van der Waals surface area contributed by atoms with E-state index in [0.29, 0.717) is 19.8 Å². The molecule has 1 heterocycles. The van der Waals surface area contributed by atoms with Crippen molar-refractivity contribution in [3.05, 3.63) is 89.5 Å². The van der Waals surface area contributed by atoms with Crippen LogP contribution in [0, 0.1) is 6.92 Å². The fraction of sp³-hybridized carbons (Fsp3) is 0.269. The van der Waals surface area contributed by atoms with Crippen molar-refractivity contribution in [1.82, 2.24) is 25.5 Å². The number of tetrazole rings is 1. The Hall–Kier alpha value is -3.07. The molecular formula is C26H30ClN5O2S. The summed E-state index contributed by atoms with van der Waals surface area (Å²) in [5, 5.41) is 16.4. The van der Waals surface area contributed by atoms with E-state index in [1.165, 1.54) is 5.56 Å². The van der Waals surface area contributed by atoms with E-state index in [4.69, 9.17) is 9.47 Å². The number of nitrogens with one attached hydrogen (secondary N) is 1. The molecule has 3 aromatic carbocycles. The number of nitrogens with zero attached hydrogens (tertiary/aromatic N) is 4. The SMILES string of the molecule is CCOc1cccc(CNCCSc2nnnn2-c2ccccc2)c1OCc1ccc(C)cc1.Cl.